The average molecular weight is 385 g/mol. The van der Waals surface area contributed by atoms with Gasteiger partial charge in [0.15, 0.2) is 5.13 Å². The number of anilines is 1. The van der Waals surface area contributed by atoms with Gasteiger partial charge >= 0.3 is 0 Å². The minimum Gasteiger partial charge on any atom is -0.365 e. The van der Waals surface area contributed by atoms with Crippen molar-refractivity contribution in [3.8, 4) is 0 Å². The van der Waals surface area contributed by atoms with Gasteiger partial charge in [-0.15, -0.1) is 22.7 Å². The van der Waals surface area contributed by atoms with Gasteiger partial charge in [0.2, 0.25) is 0 Å². The number of amides is 1. The molecule has 3 aromatic rings. The highest BCUT2D eigenvalue weighted by atomic mass is 32.1. The van der Waals surface area contributed by atoms with Crippen molar-refractivity contribution in [2.45, 2.75) is 18.3 Å². The third-order valence-electron chi connectivity index (χ3n) is 5.09. The van der Waals surface area contributed by atoms with Crippen molar-refractivity contribution in [2.75, 3.05) is 25.5 Å². The molecule has 2 aromatic heterocycles. The number of piperidine rings is 1. The molecule has 1 amide bonds. The number of carbonyl (C=O) groups is 1. The molecule has 0 spiro atoms. The second-order valence-electron chi connectivity index (χ2n) is 6.40. The van der Waals surface area contributed by atoms with Gasteiger partial charge in [-0.2, -0.15) is 0 Å². The van der Waals surface area contributed by atoms with Gasteiger partial charge in [0.25, 0.3) is 5.91 Å². The van der Waals surface area contributed by atoms with Gasteiger partial charge in [0, 0.05) is 36.3 Å². The van der Waals surface area contributed by atoms with Crippen LogP contribution in [-0.4, -0.2) is 40.9 Å². The van der Waals surface area contributed by atoms with Gasteiger partial charge in [0.1, 0.15) is 5.69 Å². The number of benzene rings is 1. The van der Waals surface area contributed by atoms with Crippen LogP contribution in [0.25, 0.3) is 0 Å². The lowest BCUT2D eigenvalue weighted by Crippen LogP contribution is -2.46. The SMILES string of the molecule is CNc1nc(C2(c3ccccc3)CCN(C(=O)c3cscn3)CC2)cs1. The van der Waals surface area contributed by atoms with Gasteiger partial charge in [0.05, 0.1) is 11.2 Å². The number of likely N-dealkylation sites (tertiary alicyclic amines) is 1. The Kier molecular flexibility index (Phi) is 4.74. The largest absolute Gasteiger partial charge is 0.365 e. The van der Waals surface area contributed by atoms with Crippen LogP contribution in [0.15, 0.2) is 46.6 Å². The molecule has 1 saturated heterocycles. The highest BCUT2D eigenvalue weighted by Gasteiger charge is 2.41. The van der Waals surface area contributed by atoms with E-state index in [0.29, 0.717) is 18.8 Å². The summed E-state index contributed by atoms with van der Waals surface area (Å²) in [6.45, 7) is 1.41. The maximum absolute atomic E-state index is 12.6. The molecule has 5 nitrogen and oxygen atoms in total. The topological polar surface area (TPSA) is 58.1 Å². The first kappa shape index (κ1) is 17.2. The van der Waals surface area contributed by atoms with Gasteiger partial charge in [-0.3, -0.25) is 4.79 Å². The first-order chi connectivity index (χ1) is 12.7. The van der Waals surface area contributed by atoms with Crippen LogP contribution in [0.2, 0.25) is 0 Å². The summed E-state index contributed by atoms with van der Waals surface area (Å²) in [5, 5.41) is 8.03. The number of hydrogen-bond acceptors (Lipinski definition) is 6. The number of thiazole rings is 2. The molecule has 1 fully saturated rings. The molecular formula is C19H20N4OS2. The Morgan fingerprint density at radius 2 is 1.96 bits per heavy atom. The van der Waals surface area contributed by atoms with E-state index in [1.807, 2.05) is 23.4 Å². The van der Waals surface area contributed by atoms with Crippen molar-refractivity contribution < 1.29 is 4.79 Å². The number of nitrogens with zero attached hydrogens (tertiary/aromatic N) is 3. The molecule has 0 atom stereocenters. The van der Waals surface area contributed by atoms with Crippen LogP contribution in [-0.2, 0) is 5.41 Å². The van der Waals surface area contributed by atoms with E-state index < -0.39 is 0 Å². The van der Waals surface area contributed by atoms with Crippen LogP contribution in [0.3, 0.4) is 0 Å². The quantitative estimate of drug-likeness (QED) is 0.742. The van der Waals surface area contributed by atoms with Gasteiger partial charge in [-0.05, 0) is 18.4 Å². The van der Waals surface area contributed by atoms with Crippen molar-refractivity contribution in [1.29, 1.82) is 0 Å². The maximum Gasteiger partial charge on any atom is 0.273 e. The third kappa shape index (κ3) is 3.01. The maximum atomic E-state index is 12.6. The van der Waals surface area contributed by atoms with E-state index in [0.717, 1.165) is 23.7 Å². The van der Waals surface area contributed by atoms with Crippen molar-refractivity contribution in [3.63, 3.8) is 0 Å². The van der Waals surface area contributed by atoms with Crippen LogP contribution in [0.1, 0.15) is 34.6 Å². The summed E-state index contributed by atoms with van der Waals surface area (Å²) in [6, 6.07) is 10.6. The number of hydrogen-bond donors (Lipinski definition) is 1. The zero-order valence-corrected chi connectivity index (χ0v) is 16.1. The Morgan fingerprint density at radius 1 is 1.19 bits per heavy atom. The third-order valence-corrected chi connectivity index (χ3v) is 6.54. The summed E-state index contributed by atoms with van der Waals surface area (Å²) in [4.78, 5) is 23.5. The number of carbonyl (C=O) groups excluding carboxylic acids is 1. The molecule has 0 bridgehead atoms. The summed E-state index contributed by atoms with van der Waals surface area (Å²) < 4.78 is 0. The van der Waals surface area contributed by atoms with Crippen LogP contribution in [0, 0.1) is 0 Å². The summed E-state index contributed by atoms with van der Waals surface area (Å²) in [7, 11) is 1.90. The summed E-state index contributed by atoms with van der Waals surface area (Å²) in [6.07, 6.45) is 1.72. The van der Waals surface area contributed by atoms with Crippen molar-refractivity contribution in [3.05, 3.63) is 63.6 Å². The fraction of sp³-hybridized carbons (Fsp3) is 0.316. The molecule has 0 aliphatic carbocycles. The predicted octanol–water partition coefficient (Wildman–Crippen LogP) is 3.86. The highest BCUT2D eigenvalue weighted by Crippen LogP contribution is 2.42. The summed E-state index contributed by atoms with van der Waals surface area (Å²) in [5.41, 5.74) is 4.48. The van der Waals surface area contributed by atoms with Gasteiger partial charge < -0.3 is 10.2 Å². The molecule has 1 N–H and O–H groups in total. The van der Waals surface area contributed by atoms with E-state index in [-0.39, 0.29) is 11.3 Å². The number of nitrogens with one attached hydrogen (secondary N) is 1. The molecule has 1 aliphatic rings. The van der Waals surface area contributed by atoms with Crippen LogP contribution < -0.4 is 5.32 Å². The van der Waals surface area contributed by atoms with Crippen LogP contribution >= 0.6 is 22.7 Å². The van der Waals surface area contributed by atoms with Gasteiger partial charge in [-0.25, -0.2) is 9.97 Å². The minimum absolute atomic E-state index is 0.0297. The second kappa shape index (κ2) is 7.17. The molecule has 134 valence electrons. The lowest BCUT2D eigenvalue weighted by atomic mass is 9.70. The number of rotatable bonds is 4. The van der Waals surface area contributed by atoms with E-state index in [1.54, 1.807) is 16.8 Å². The first-order valence-electron chi connectivity index (χ1n) is 8.60. The Balaban J connectivity index is 1.63. The van der Waals surface area contributed by atoms with E-state index in [9.17, 15) is 4.79 Å². The molecule has 26 heavy (non-hydrogen) atoms. The fourth-order valence-corrected chi connectivity index (χ4v) is 4.93. The molecule has 0 saturated carbocycles. The average Bonchev–Trinajstić information content (AvgIpc) is 3.40. The Labute approximate surface area is 160 Å². The smallest absolute Gasteiger partial charge is 0.273 e. The van der Waals surface area contributed by atoms with Crippen molar-refractivity contribution >= 4 is 33.7 Å². The first-order valence-corrected chi connectivity index (χ1v) is 10.4. The summed E-state index contributed by atoms with van der Waals surface area (Å²) >= 11 is 3.09. The predicted molar refractivity (Wildman–Crippen MR) is 106 cm³/mol. The second-order valence-corrected chi connectivity index (χ2v) is 7.98. The number of aromatic nitrogens is 2. The van der Waals surface area contributed by atoms with Crippen molar-refractivity contribution in [2.24, 2.45) is 0 Å². The molecule has 1 aromatic carbocycles. The monoisotopic (exact) mass is 384 g/mol. The molecule has 1 aliphatic heterocycles. The summed E-state index contributed by atoms with van der Waals surface area (Å²) in [5.74, 6) is 0.0297. The molecule has 3 heterocycles. The van der Waals surface area contributed by atoms with E-state index in [2.05, 4.69) is 39.9 Å². The lowest BCUT2D eigenvalue weighted by molar-refractivity contribution is 0.0679. The van der Waals surface area contributed by atoms with E-state index >= 15 is 0 Å². The van der Waals surface area contributed by atoms with Crippen LogP contribution in [0.5, 0.6) is 0 Å². The molecule has 4 rings (SSSR count). The highest BCUT2D eigenvalue weighted by molar-refractivity contribution is 7.13. The molecule has 7 heteroatoms. The normalized spacial score (nSPS) is 16.4. The molecule has 0 unspecified atom stereocenters. The van der Waals surface area contributed by atoms with Gasteiger partial charge in [-0.1, -0.05) is 30.3 Å². The lowest BCUT2D eigenvalue weighted by Gasteiger charge is -2.41. The van der Waals surface area contributed by atoms with E-state index in [1.165, 1.54) is 16.9 Å². The van der Waals surface area contributed by atoms with E-state index in [4.69, 9.17) is 4.98 Å². The Hall–Kier alpha value is -2.25. The Morgan fingerprint density at radius 3 is 2.58 bits per heavy atom. The standard InChI is InChI=1S/C19H20N4OS2/c1-20-18-22-16(12-26-18)19(14-5-3-2-4-6-14)7-9-23(10-8-19)17(24)15-11-25-13-21-15/h2-6,11-13H,7-10H2,1H3,(H,20,22). The molecule has 0 radical (unpaired) electrons. The van der Waals surface area contributed by atoms with Crippen LogP contribution in [0.4, 0.5) is 5.13 Å². The zero-order valence-electron chi connectivity index (χ0n) is 14.5. The Bertz CT molecular complexity index is 868. The zero-order chi connectivity index (χ0) is 18.0. The molecular weight excluding hydrogens is 364 g/mol. The fourth-order valence-electron chi connectivity index (χ4n) is 3.63. The van der Waals surface area contributed by atoms with Crippen molar-refractivity contribution in [1.82, 2.24) is 14.9 Å². The minimum atomic E-state index is -0.147.